The van der Waals surface area contributed by atoms with Crippen LogP contribution in [0.25, 0.3) is 0 Å². The molecule has 0 saturated heterocycles. The summed E-state index contributed by atoms with van der Waals surface area (Å²) in [4.78, 5) is 0. The van der Waals surface area contributed by atoms with Crippen LogP contribution >= 0.6 is 15.9 Å². The Morgan fingerprint density at radius 3 is 2.88 bits per heavy atom. The average molecular weight is 295 g/mol. The summed E-state index contributed by atoms with van der Waals surface area (Å²) >= 11 is 3.61. The Balaban J connectivity index is 1.68. The lowest BCUT2D eigenvalue weighted by molar-refractivity contribution is 0.0164. The third-order valence-corrected chi connectivity index (χ3v) is 5.34. The molecular weight excluding hydrogens is 276 g/mol. The molecule has 1 fully saturated rings. The van der Waals surface area contributed by atoms with E-state index in [1.54, 1.807) is 0 Å². The molecule has 1 atom stereocenters. The second-order valence-corrected chi connectivity index (χ2v) is 6.09. The quantitative estimate of drug-likeness (QED) is 0.754. The third kappa shape index (κ3) is 2.43. The summed E-state index contributed by atoms with van der Waals surface area (Å²) < 4.78 is 6.20. The van der Waals surface area contributed by atoms with Crippen molar-refractivity contribution in [2.45, 2.75) is 38.2 Å². The summed E-state index contributed by atoms with van der Waals surface area (Å²) in [5, 5.41) is 1.09. The first-order valence-electron chi connectivity index (χ1n) is 6.58. The first kappa shape index (κ1) is 11.7. The summed E-state index contributed by atoms with van der Waals surface area (Å²) in [6.45, 7) is 0.928. The van der Waals surface area contributed by atoms with Crippen LogP contribution in [0, 0.1) is 5.41 Å². The summed E-state index contributed by atoms with van der Waals surface area (Å²) in [6, 6.07) is 8.77. The maximum Gasteiger partial charge on any atom is 0.0828 e. The van der Waals surface area contributed by atoms with E-state index >= 15 is 0 Å². The van der Waals surface area contributed by atoms with Crippen molar-refractivity contribution in [3.63, 3.8) is 0 Å². The van der Waals surface area contributed by atoms with Gasteiger partial charge in [0.1, 0.15) is 0 Å². The predicted octanol–water partition coefficient (Wildman–Crippen LogP) is 4.26. The largest absolute Gasteiger partial charge is 0.373 e. The van der Waals surface area contributed by atoms with E-state index in [2.05, 4.69) is 40.2 Å². The second kappa shape index (κ2) is 4.74. The minimum absolute atomic E-state index is 0.344. The summed E-state index contributed by atoms with van der Waals surface area (Å²) in [6.07, 6.45) is 6.67. The predicted molar refractivity (Wildman–Crippen MR) is 73.5 cm³/mol. The van der Waals surface area contributed by atoms with E-state index < -0.39 is 0 Å². The number of alkyl halides is 1. The van der Waals surface area contributed by atoms with Crippen molar-refractivity contribution in [2.75, 3.05) is 11.9 Å². The molecule has 2 aliphatic carbocycles. The molecule has 1 aromatic rings. The van der Waals surface area contributed by atoms with E-state index in [0.29, 0.717) is 11.5 Å². The fraction of sp³-hybridized carbons (Fsp3) is 0.600. The maximum absolute atomic E-state index is 6.20. The Labute approximate surface area is 112 Å². The fourth-order valence-electron chi connectivity index (χ4n) is 2.65. The third-order valence-electron chi connectivity index (χ3n) is 4.15. The topological polar surface area (TPSA) is 9.23 Å². The zero-order chi connectivity index (χ0) is 11.7. The van der Waals surface area contributed by atoms with Gasteiger partial charge in [-0.3, -0.25) is 0 Å². The van der Waals surface area contributed by atoms with Gasteiger partial charge >= 0.3 is 0 Å². The Bertz CT molecular complexity index is 398. The molecule has 3 rings (SSSR count). The smallest absolute Gasteiger partial charge is 0.0828 e. The van der Waals surface area contributed by atoms with E-state index in [9.17, 15) is 0 Å². The SMILES string of the molecule is BrCC1(COC2CCCc3ccccc32)CC1. The highest BCUT2D eigenvalue weighted by Gasteiger charge is 2.42. The van der Waals surface area contributed by atoms with Crippen molar-refractivity contribution in [3.05, 3.63) is 35.4 Å². The molecule has 0 amide bonds. The number of fused-ring (bicyclic) bond motifs is 1. The van der Waals surface area contributed by atoms with E-state index in [-0.39, 0.29) is 0 Å². The van der Waals surface area contributed by atoms with Crippen LogP contribution in [0.4, 0.5) is 0 Å². The van der Waals surface area contributed by atoms with Crippen molar-refractivity contribution in [2.24, 2.45) is 5.41 Å². The Kier molecular flexibility index (Phi) is 3.27. The monoisotopic (exact) mass is 294 g/mol. The van der Waals surface area contributed by atoms with Gasteiger partial charge in [0.05, 0.1) is 12.7 Å². The van der Waals surface area contributed by atoms with Gasteiger partial charge in [0.25, 0.3) is 0 Å². The molecule has 0 N–H and O–H groups in total. The van der Waals surface area contributed by atoms with Gasteiger partial charge in [-0.2, -0.15) is 0 Å². The molecule has 1 nitrogen and oxygen atoms in total. The van der Waals surface area contributed by atoms with E-state index in [1.807, 2.05) is 0 Å². The van der Waals surface area contributed by atoms with E-state index in [0.717, 1.165) is 11.9 Å². The number of ether oxygens (including phenoxy) is 1. The van der Waals surface area contributed by atoms with Gasteiger partial charge in [0.15, 0.2) is 0 Å². The molecule has 2 aliphatic rings. The molecule has 17 heavy (non-hydrogen) atoms. The van der Waals surface area contributed by atoms with Gasteiger partial charge in [0.2, 0.25) is 0 Å². The maximum atomic E-state index is 6.20. The van der Waals surface area contributed by atoms with Crippen LogP contribution in [0.1, 0.15) is 42.9 Å². The standard InChI is InChI=1S/C15H19BrO/c16-10-15(8-9-15)11-17-14-7-3-5-12-4-1-2-6-13(12)14/h1-2,4,6,14H,3,5,7-11H2. The highest BCUT2D eigenvalue weighted by Crippen LogP contribution is 2.48. The van der Waals surface area contributed by atoms with Gasteiger partial charge in [-0.15, -0.1) is 0 Å². The van der Waals surface area contributed by atoms with E-state index in [4.69, 9.17) is 4.74 Å². The molecule has 0 radical (unpaired) electrons. The van der Waals surface area contributed by atoms with Crippen LogP contribution in [-0.4, -0.2) is 11.9 Å². The molecule has 0 aromatic heterocycles. The van der Waals surface area contributed by atoms with Gasteiger partial charge in [-0.1, -0.05) is 40.2 Å². The fourth-order valence-corrected chi connectivity index (χ4v) is 3.38. The molecule has 1 aromatic carbocycles. The van der Waals surface area contributed by atoms with Crippen LogP contribution in [0.3, 0.4) is 0 Å². The van der Waals surface area contributed by atoms with Crippen LogP contribution in [0.5, 0.6) is 0 Å². The minimum atomic E-state index is 0.344. The van der Waals surface area contributed by atoms with Crippen LogP contribution in [0.2, 0.25) is 0 Å². The van der Waals surface area contributed by atoms with Crippen molar-refractivity contribution in [3.8, 4) is 0 Å². The Morgan fingerprint density at radius 2 is 2.12 bits per heavy atom. The average Bonchev–Trinajstić information content (AvgIpc) is 3.17. The molecule has 0 heterocycles. The zero-order valence-electron chi connectivity index (χ0n) is 10.1. The summed E-state index contributed by atoms with van der Waals surface area (Å²) in [5.41, 5.74) is 3.39. The lowest BCUT2D eigenvalue weighted by Crippen LogP contribution is -2.18. The van der Waals surface area contributed by atoms with Crippen molar-refractivity contribution < 1.29 is 4.74 Å². The Morgan fingerprint density at radius 1 is 1.29 bits per heavy atom. The number of hydrogen-bond acceptors (Lipinski definition) is 1. The number of rotatable bonds is 4. The first-order valence-corrected chi connectivity index (χ1v) is 7.71. The molecule has 0 spiro atoms. The zero-order valence-corrected chi connectivity index (χ0v) is 11.7. The van der Waals surface area contributed by atoms with Crippen molar-refractivity contribution in [1.82, 2.24) is 0 Å². The molecule has 2 heteroatoms. The number of hydrogen-bond donors (Lipinski definition) is 0. The van der Waals surface area contributed by atoms with Gasteiger partial charge in [-0.05, 0) is 43.2 Å². The van der Waals surface area contributed by atoms with Gasteiger partial charge in [-0.25, -0.2) is 0 Å². The number of aryl methyl sites for hydroxylation is 1. The van der Waals surface area contributed by atoms with Crippen LogP contribution in [0.15, 0.2) is 24.3 Å². The van der Waals surface area contributed by atoms with Crippen LogP contribution in [-0.2, 0) is 11.2 Å². The molecule has 1 saturated carbocycles. The van der Waals surface area contributed by atoms with Crippen LogP contribution < -0.4 is 0 Å². The lowest BCUT2D eigenvalue weighted by Gasteiger charge is -2.27. The first-order chi connectivity index (χ1) is 8.33. The highest BCUT2D eigenvalue weighted by molar-refractivity contribution is 9.09. The van der Waals surface area contributed by atoms with Crippen molar-refractivity contribution >= 4 is 15.9 Å². The van der Waals surface area contributed by atoms with Gasteiger partial charge < -0.3 is 4.74 Å². The number of halogens is 1. The summed E-state index contributed by atoms with van der Waals surface area (Å²) in [7, 11) is 0. The summed E-state index contributed by atoms with van der Waals surface area (Å²) in [5.74, 6) is 0. The van der Waals surface area contributed by atoms with E-state index in [1.165, 1.54) is 43.2 Å². The van der Waals surface area contributed by atoms with Gasteiger partial charge in [0, 0.05) is 10.7 Å². The highest BCUT2D eigenvalue weighted by atomic mass is 79.9. The molecule has 1 unspecified atom stereocenters. The minimum Gasteiger partial charge on any atom is -0.373 e. The molecule has 0 bridgehead atoms. The molecule has 0 aliphatic heterocycles. The Hall–Kier alpha value is -0.340. The lowest BCUT2D eigenvalue weighted by atomic mass is 9.89. The number of benzene rings is 1. The van der Waals surface area contributed by atoms with Crippen molar-refractivity contribution in [1.29, 1.82) is 0 Å². The molecule has 92 valence electrons. The molecular formula is C15H19BrO. The normalized spacial score (nSPS) is 25.4. The second-order valence-electron chi connectivity index (χ2n) is 5.52.